The number of rotatable bonds is 3. The third kappa shape index (κ3) is 2.23. The maximum atomic E-state index is 11.5. The number of hydrogen-bond donors (Lipinski definition) is 1. The quantitative estimate of drug-likeness (QED) is 0.633. The Bertz CT molecular complexity index is 957. The van der Waals surface area contributed by atoms with Crippen LogP contribution in [-0.4, -0.2) is 19.7 Å². The molecule has 2 heterocycles. The number of nitrogens with zero attached hydrogens (tertiary/aromatic N) is 3. The molecule has 0 radical (unpaired) electrons. The van der Waals surface area contributed by atoms with Crippen LogP contribution < -0.4 is 4.87 Å². The zero-order chi connectivity index (χ0) is 14.9. The number of benzene rings is 2. The highest BCUT2D eigenvalue weighted by atomic mass is 32.1. The zero-order valence-corrected chi connectivity index (χ0v) is 12.3. The number of aromatic nitrogens is 4. The molecule has 1 atom stereocenters. The summed E-state index contributed by atoms with van der Waals surface area (Å²) in [5.41, 5.74) is 3.02. The van der Waals surface area contributed by atoms with Gasteiger partial charge in [-0.05, 0) is 23.3 Å². The largest absolute Gasteiger partial charge is 0.312 e. The van der Waals surface area contributed by atoms with Gasteiger partial charge < -0.3 is 4.98 Å². The number of nitrogens with one attached hydrogen (secondary N) is 1. The van der Waals surface area contributed by atoms with E-state index in [1.807, 2.05) is 41.1 Å². The Kier molecular flexibility index (Phi) is 3.08. The van der Waals surface area contributed by atoms with Crippen LogP contribution in [0.25, 0.3) is 10.2 Å². The van der Waals surface area contributed by atoms with Crippen LogP contribution in [0.5, 0.6) is 0 Å². The van der Waals surface area contributed by atoms with Gasteiger partial charge in [0.25, 0.3) is 0 Å². The van der Waals surface area contributed by atoms with Crippen molar-refractivity contribution >= 4 is 21.6 Å². The molecule has 108 valence electrons. The molecule has 0 saturated carbocycles. The fraction of sp³-hybridized carbons (Fsp3) is 0.0625. The Labute approximate surface area is 129 Å². The fourth-order valence-electron chi connectivity index (χ4n) is 2.62. The normalized spacial score (nSPS) is 12.5. The van der Waals surface area contributed by atoms with E-state index in [1.165, 1.54) is 17.7 Å². The molecule has 0 spiro atoms. The van der Waals surface area contributed by atoms with E-state index in [0.717, 1.165) is 21.3 Å². The fourth-order valence-corrected chi connectivity index (χ4v) is 3.34. The van der Waals surface area contributed by atoms with E-state index in [4.69, 9.17) is 0 Å². The van der Waals surface area contributed by atoms with E-state index >= 15 is 0 Å². The lowest BCUT2D eigenvalue weighted by Gasteiger charge is -2.18. The second-order valence-corrected chi connectivity index (χ2v) is 5.97. The molecule has 6 heteroatoms. The number of fused-ring (bicyclic) bond motifs is 1. The first-order chi connectivity index (χ1) is 10.8. The summed E-state index contributed by atoms with van der Waals surface area (Å²) < 4.78 is 2.78. The summed E-state index contributed by atoms with van der Waals surface area (Å²) >= 11 is 1.22. The number of thiazole rings is 1. The van der Waals surface area contributed by atoms with Crippen molar-refractivity contribution in [3.8, 4) is 0 Å². The molecule has 22 heavy (non-hydrogen) atoms. The Morgan fingerprint density at radius 3 is 2.73 bits per heavy atom. The van der Waals surface area contributed by atoms with E-state index in [1.54, 1.807) is 6.33 Å². The van der Waals surface area contributed by atoms with E-state index in [-0.39, 0.29) is 10.9 Å². The third-order valence-electron chi connectivity index (χ3n) is 3.58. The lowest BCUT2D eigenvalue weighted by atomic mass is 9.99. The minimum Gasteiger partial charge on any atom is -0.312 e. The van der Waals surface area contributed by atoms with Gasteiger partial charge in [-0.25, -0.2) is 9.67 Å². The maximum absolute atomic E-state index is 11.5. The summed E-state index contributed by atoms with van der Waals surface area (Å²) in [6.45, 7) is 0. The summed E-state index contributed by atoms with van der Waals surface area (Å²) in [6, 6.07) is 16.1. The molecule has 5 nitrogen and oxygen atoms in total. The molecule has 4 rings (SSSR count). The first-order valence-electron chi connectivity index (χ1n) is 6.83. The van der Waals surface area contributed by atoms with Crippen molar-refractivity contribution in [3.63, 3.8) is 0 Å². The van der Waals surface area contributed by atoms with Crippen molar-refractivity contribution in [2.45, 2.75) is 6.04 Å². The van der Waals surface area contributed by atoms with Crippen molar-refractivity contribution in [1.29, 1.82) is 0 Å². The highest BCUT2D eigenvalue weighted by molar-refractivity contribution is 7.16. The van der Waals surface area contributed by atoms with Crippen molar-refractivity contribution in [2.75, 3.05) is 0 Å². The molecule has 0 amide bonds. The van der Waals surface area contributed by atoms with Gasteiger partial charge in [0.15, 0.2) is 0 Å². The van der Waals surface area contributed by atoms with Crippen molar-refractivity contribution in [2.24, 2.45) is 0 Å². The molecule has 0 fully saturated rings. The van der Waals surface area contributed by atoms with Crippen LogP contribution in [-0.2, 0) is 0 Å². The van der Waals surface area contributed by atoms with Gasteiger partial charge in [0.2, 0.25) is 0 Å². The van der Waals surface area contributed by atoms with Crippen molar-refractivity contribution in [3.05, 3.63) is 82.0 Å². The number of hydrogen-bond acceptors (Lipinski definition) is 4. The number of H-pyrrole nitrogens is 1. The molecule has 4 aromatic rings. The summed E-state index contributed by atoms with van der Waals surface area (Å²) in [5, 5.41) is 4.29. The van der Waals surface area contributed by atoms with Gasteiger partial charge in [-0.15, -0.1) is 0 Å². The predicted molar refractivity (Wildman–Crippen MR) is 86.2 cm³/mol. The summed E-state index contributed by atoms with van der Waals surface area (Å²) in [4.78, 5) is 18.4. The van der Waals surface area contributed by atoms with E-state index < -0.39 is 0 Å². The molecular formula is C16H12N4OS. The average Bonchev–Trinajstić information content (AvgIpc) is 3.17. The van der Waals surface area contributed by atoms with Gasteiger partial charge >= 0.3 is 4.87 Å². The second kappa shape index (κ2) is 5.23. The molecule has 1 N–H and O–H groups in total. The lowest BCUT2D eigenvalue weighted by Crippen LogP contribution is -2.12. The molecule has 0 saturated heterocycles. The molecule has 0 aliphatic rings. The van der Waals surface area contributed by atoms with E-state index in [9.17, 15) is 4.79 Å². The average molecular weight is 308 g/mol. The molecule has 1 unspecified atom stereocenters. The minimum atomic E-state index is -0.0727. The topological polar surface area (TPSA) is 63.6 Å². The first kappa shape index (κ1) is 13.0. The highest BCUT2D eigenvalue weighted by Crippen LogP contribution is 2.28. The van der Waals surface area contributed by atoms with Gasteiger partial charge in [-0.1, -0.05) is 47.7 Å². The zero-order valence-electron chi connectivity index (χ0n) is 11.5. The molecule has 0 aliphatic carbocycles. The van der Waals surface area contributed by atoms with Crippen molar-refractivity contribution in [1.82, 2.24) is 19.7 Å². The van der Waals surface area contributed by atoms with E-state index in [2.05, 4.69) is 27.2 Å². The third-order valence-corrected chi connectivity index (χ3v) is 4.44. The molecule has 0 bridgehead atoms. The summed E-state index contributed by atoms with van der Waals surface area (Å²) in [6.07, 6.45) is 3.24. The SMILES string of the molecule is O=c1[nH]c2cc(C(c3ccccc3)n3cncn3)ccc2s1. The van der Waals surface area contributed by atoms with Gasteiger partial charge in [0, 0.05) is 0 Å². The Balaban J connectivity index is 1.90. The first-order valence-corrected chi connectivity index (χ1v) is 7.65. The highest BCUT2D eigenvalue weighted by Gasteiger charge is 2.17. The van der Waals surface area contributed by atoms with Gasteiger partial charge in [0.05, 0.1) is 10.2 Å². The monoisotopic (exact) mass is 308 g/mol. The second-order valence-electron chi connectivity index (χ2n) is 4.96. The van der Waals surface area contributed by atoms with Gasteiger partial charge in [-0.2, -0.15) is 5.10 Å². The van der Waals surface area contributed by atoms with Gasteiger partial charge in [-0.3, -0.25) is 4.79 Å². The smallest absolute Gasteiger partial charge is 0.305 e. The molecule has 2 aromatic carbocycles. The summed E-state index contributed by atoms with van der Waals surface area (Å²) in [7, 11) is 0. The Hall–Kier alpha value is -2.73. The number of aromatic amines is 1. The summed E-state index contributed by atoms with van der Waals surface area (Å²) in [5.74, 6) is 0. The Morgan fingerprint density at radius 2 is 1.95 bits per heavy atom. The maximum Gasteiger partial charge on any atom is 0.305 e. The Morgan fingerprint density at radius 1 is 1.09 bits per heavy atom. The molecule has 0 aliphatic heterocycles. The lowest BCUT2D eigenvalue weighted by molar-refractivity contribution is 0.594. The molecular weight excluding hydrogens is 296 g/mol. The van der Waals surface area contributed by atoms with Crippen LogP contribution in [0.2, 0.25) is 0 Å². The molecule has 2 aromatic heterocycles. The van der Waals surface area contributed by atoms with Crippen LogP contribution in [0.4, 0.5) is 0 Å². The minimum absolute atomic E-state index is 0.0378. The standard InChI is InChI=1S/C16H12N4OS/c21-16-19-13-8-12(6-7-14(13)22-16)15(20-10-17-9-18-20)11-4-2-1-3-5-11/h1-10,15H,(H,19,21). The van der Waals surface area contributed by atoms with E-state index in [0.29, 0.717) is 0 Å². The van der Waals surface area contributed by atoms with Crippen LogP contribution >= 0.6 is 11.3 Å². The predicted octanol–water partition coefficient (Wildman–Crippen LogP) is 2.82. The van der Waals surface area contributed by atoms with Crippen molar-refractivity contribution < 1.29 is 0 Å². The van der Waals surface area contributed by atoms with Crippen LogP contribution in [0.1, 0.15) is 17.2 Å². The van der Waals surface area contributed by atoms with Crippen LogP contribution in [0, 0.1) is 0 Å². The van der Waals surface area contributed by atoms with Crippen LogP contribution in [0.3, 0.4) is 0 Å². The van der Waals surface area contributed by atoms with Gasteiger partial charge in [0.1, 0.15) is 18.7 Å². The van der Waals surface area contributed by atoms with Crippen LogP contribution in [0.15, 0.2) is 66.0 Å².